The van der Waals surface area contributed by atoms with E-state index in [-0.39, 0.29) is 11.9 Å². The molecule has 0 radical (unpaired) electrons. The van der Waals surface area contributed by atoms with Gasteiger partial charge in [-0.1, -0.05) is 23.4 Å². The maximum Gasteiger partial charge on any atom is 0.264 e. The first-order valence-electron chi connectivity index (χ1n) is 8.20. The molecule has 3 rings (SSSR count). The number of rotatable bonds is 6. The fourth-order valence-electron chi connectivity index (χ4n) is 2.85. The first-order valence-corrected chi connectivity index (χ1v) is 8.20. The predicted molar refractivity (Wildman–Crippen MR) is 93.5 cm³/mol. The van der Waals surface area contributed by atoms with Gasteiger partial charge in [-0.15, -0.1) is 0 Å². The monoisotopic (exact) mass is 342 g/mol. The molecule has 2 atom stereocenters. The van der Waals surface area contributed by atoms with Crippen molar-refractivity contribution in [3.63, 3.8) is 0 Å². The minimum atomic E-state index is -0.602. The third kappa shape index (κ3) is 3.99. The summed E-state index contributed by atoms with van der Waals surface area (Å²) in [6, 6.07) is 7.75. The van der Waals surface area contributed by atoms with Gasteiger partial charge >= 0.3 is 0 Å². The third-order valence-corrected chi connectivity index (χ3v) is 4.11. The number of ether oxygens (including phenoxy) is 1. The number of aromatic nitrogens is 2. The van der Waals surface area contributed by atoms with Crippen molar-refractivity contribution in [3.05, 3.63) is 47.8 Å². The van der Waals surface area contributed by atoms with Gasteiger partial charge in [-0.3, -0.25) is 9.48 Å². The number of nitrogens with zero attached hydrogens (tertiary/aromatic N) is 3. The van der Waals surface area contributed by atoms with Crippen molar-refractivity contribution in [2.45, 2.75) is 31.9 Å². The molecule has 132 valence electrons. The minimum absolute atomic E-state index is 0.0464. The topological polar surface area (TPSA) is 77.7 Å². The van der Waals surface area contributed by atoms with Crippen LogP contribution in [0.3, 0.4) is 0 Å². The number of amides is 1. The Morgan fingerprint density at radius 2 is 2.28 bits per heavy atom. The average molecular weight is 342 g/mol. The van der Waals surface area contributed by atoms with Gasteiger partial charge in [-0.2, -0.15) is 5.10 Å². The van der Waals surface area contributed by atoms with Crippen molar-refractivity contribution in [3.8, 4) is 5.75 Å². The highest BCUT2D eigenvalue weighted by atomic mass is 16.6. The zero-order valence-electron chi connectivity index (χ0n) is 14.6. The van der Waals surface area contributed by atoms with Gasteiger partial charge in [-0.05, 0) is 25.0 Å². The quantitative estimate of drug-likeness (QED) is 0.866. The first-order chi connectivity index (χ1) is 12.1. The Bertz CT molecular complexity index is 784. The number of hydrogen-bond acceptors (Lipinski definition) is 5. The lowest BCUT2D eigenvalue weighted by molar-refractivity contribution is -0.131. The second-order valence-corrected chi connectivity index (χ2v) is 6.16. The largest absolute Gasteiger partial charge is 0.496 e. The number of carbonyl (C=O) groups is 1. The smallest absolute Gasteiger partial charge is 0.264 e. The second-order valence-electron chi connectivity index (χ2n) is 6.16. The highest BCUT2D eigenvalue weighted by Crippen LogP contribution is 2.20. The predicted octanol–water partition coefficient (Wildman–Crippen LogP) is 1.67. The van der Waals surface area contributed by atoms with E-state index in [1.807, 2.05) is 44.4 Å². The van der Waals surface area contributed by atoms with Gasteiger partial charge in [0.1, 0.15) is 5.75 Å². The molecule has 1 amide bonds. The summed E-state index contributed by atoms with van der Waals surface area (Å²) in [5.74, 6) is 0.660. The van der Waals surface area contributed by atoms with Crippen LogP contribution in [0.25, 0.3) is 0 Å². The van der Waals surface area contributed by atoms with E-state index < -0.39 is 6.10 Å². The van der Waals surface area contributed by atoms with E-state index in [1.165, 1.54) is 0 Å². The first kappa shape index (κ1) is 17.0. The molecule has 1 aromatic carbocycles. The number of hydrogen-bond donors (Lipinski definition) is 1. The van der Waals surface area contributed by atoms with Gasteiger partial charge in [0.05, 0.1) is 19.0 Å². The SMILES string of the molecule is COc1ccccc1C[C@H](C)NC(=O)[C@@H]1CC(c2cnn(C)c2)=NO1. The molecule has 1 aliphatic rings. The van der Waals surface area contributed by atoms with E-state index >= 15 is 0 Å². The molecular weight excluding hydrogens is 320 g/mol. The Morgan fingerprint density at radius 3 is 3.00 bits per heavy atom. The van der Waals surface area contributed by atoms with Crippen molar-refractivity contribution in [2.24, 2.45) is 12.2 Å². The van der Waals surface area contributed by atoms with Crippen molar-refractivity contribution in [1.29, 1.82) is 0 Å². The number of methoxy groups -OCH3 is 1. The Labute approximate surface area is 146 Å². The summed E-state index contributed by atoms with van der Waals surface area (Å²) in [6.45, 7) is 1.96. The molecule has 1 aromatic heterocycles. The van der Waals surface area contributed by atoms with Gasteiger partial charge in [0.2, 0.25) is 6.10 Å². The van der Waals surface area contributed by atoms with Crippen LogP contribution in [0.4, 0.5) is 0 Å². The van der Waals surface area contributed by atoms with E-state index in [1.54, 1.807) is 18.0 Å². The van der Waals surface area contributed by atoms with Crippen LogP contribution in [0, 0.1) is 0 Å². The molecule has 2 heterocycles. The second kappa shape index (κ2) is 7.38. The number of nitrogens with one attached hydrogen (secondary N) is 1. The molecule has 7 nitrogen and oxygen atoms in total. The summed E-state index contributed by atoms with van der Waals surface area (Å²) in [5.41, 5.74) is 2.67. The summed E-state index contributed by atoms with van der Waals surface area (Å²) in [7, 11) is 3.48. The van der Waals surface area contributed by atoms with E-state index in [0.717, 1.165) is 22.6 Å². The van der Waals surface area contributed by atoms with Crippen LogP contribution in [0.1, 0.15) is 24.5 Å². The standard InChI is InChI=1S/C18H22N4O3/c1-12(8-13-6-4-5-7-16(13)24-3)20-18(23)17-9-15(21-25-17)14-10-19-22(2)11-14/h4-7,10-12,17H,8-9H2,1-3H3,(H,20,23)/t12-,17-/m0/s1. The van der Waals surface area contributed by atoms with Crippen LogP contribution in [0.2, 0.25) is 0 Å². The van der Waals surface area contributed by atoms with Gasteiger partial charge in [0.15, 0.2) is 0 Å². The fraction of sp³-hybridized carbons (Fsp3) is 0.389. The minimum Gasteiger partial charge on any atom is -0.496 e. The molecule has 1 aliphatic heterocycles. The van der Waals surface area contributed by atoms with Gasteiger partial charge in [0, 0.05) is 31.3 Å². The summed E-state index contributed by atoms with van der Waals surface area (Å²) in [5, 5.41) is 11.1. The zero-order chi connectivity index (χ0) is 17.8. The van der Waals surface area contributed by atoms with Gasteiger partial charge < -0.3 is 14.9 Å². The molecule has 2 aromatic rings. The third-order valence-electron chi connectivity index (χ3n) is 4.11. The number of aryl methyl sites for hydroxylation is 1. The Morgan fingerprint density at radius 1 is 1.48 bits per heavy atom. The lowest BCUT2D eigenvalue weighted by Crippen LogP contribution is -2.41. The van der Waals surface area contributed by atoms with E-state index in [9.17, 15) is 4.79 Å². The lowest BCUT2D eigenvalue weighted by Gasteiger charge is -2.17. The van der Waals surface area contributed by atoms with Crippen molar-refractivity contribution in [1.82, 2.24) is 15.1 Å². The molecule has 0 saturated heterocycles. The molecule has 0 aliphatic carbocycles. The highest BCUT2D eigenvalue weighted by molar-refractivity contribution is 6.03. The molecular formula is C18H22N4O3. The molecule has 1 N–H and O–H groups in total. The van der Waals surface area contributed by atoms with Gasteiger partial charge in [0.25, 0.3) is 5.91 Å². The Hall–Kier alpha value is -2.83. The Kier molecular flexibility index (Phi) is 5.02. The number of oxime groups is 1. The van der Waals surface area contributed by atoms with Crippen LogP contribution in [-0.2, 0) is 23.1 Å². The van der Waals surface area contributed by atoms with Crippen LogP contribution < -0.4 is 10.1 Å². The number of carbonyl (C=O) groups excluding carboxylic acids is 1. The summed E-state index contributed by atoms with van der Waals surface area (Å²) in [6.07, 6.45) is 4.09. The summed E-state index contributed by atoms with van der Waals surface area (Å²) >= 11 is 0. The van der Waals surface area contributed by atoms with Crippen molar-refractivity contribution < 1.29 is 14.4 Å². The Balaban J connectivity index is 1.54. The maximum absolute atomic E-state index is 12.4. The molecule has 25 heavy (non-hydrogen) atoms. The fourth-order valence-corrected chi connectivity index (χ4v) is 2.85. The molecule has 0 saturated carbocycles. The summed E-state index contributed by atoms with van der Waals surface area (Å²) < 4.78 is 7.05. The van der Waals surface area contributed by atoms with E-state index in [2.05, 4.69) is 15.6 Å². The maximum atomic E-state index is 12.4. The van der Waals surface area contributed by atoms with E-state index in [0.29, 0.717) is 12.8 Å². The zero-order valence-corrected chi connectivity index (χ0v) is 14.6. The molecule has 0 bridgehead atoms. The lowest BCUT2D eigenvalue weighted by atomic mass is 10.0. The van der Waals surface area contributed by atoms with Crippen LogP contribution in [0.5, 0.6) is 5.75 Å². The normalized spacial score (nSPS) is 17.6. The van der Waals surface area contributed by atoms with Crippen LogP contribution >= 0.6 is 0 Å². The van der Waals surface area contributed by atoms with Crippen molar-refractivity contribution >= 4 is 11.6 Å². The number of para-hydroxylation sites is 1. The van der Waals surface area contributed by atoms with E-state index in [4.69, 9.17) is 9.57 Å². The van der Waals surface area contributed by atoms with Crippen molar-refractivity contribution in [2.75, 3.05) is 7.11 Å². The van der Waals surface area contributed by atoms with Gasteiger partial charge in [-0.25, -0.2) is 0 Å². The number of benzene rings is 1. The summed E-state index contributed by atoms with van der Waals surface area (Å²) in [4.78, 5) is 17.7. The molecule has 0 fully saturated rings. The molecule has 0 spiro atoms. The van der Waals surface area contributed by atoms with Crippen LogP contribution in [-0.4, -0.2) is 40.7 Å². The van der Waals surface area contributed by atoms with Crippen LogP contribution in [0.15, 0.2) is 41.8 Å². The molecule has 0 unspecified atom stereocenters. The molecule has 7 heteroatoms. The highest BCUT2D eigenvalue weighted by Gasteiger charge is 2.30. The average Bonchev–Trinajstić information content (AvgIpc) is 3.24.